The Hall–Kier alpha value is -0.590. The van der Waals surface area contributed by atoms with E-state index in [0.717, 1.165) is 16.9 Å². The van der Waals surface area contributed by atoms with Gasteiger partial charge in [0, 0.05) is 31.9 Å². The van der Waals surface area contributed by atoms with Crippen molar-refractivity contribution >= 4 is 51.7 Å². The van der Waals surface area contributed by atoms with E-state index in [1.165, 1.54) is 10.4 Å². The van der Waals surface area contributed by atoms with Crippen molar-refractivity contribution < 1.29 is 12.8 Å². The molecule has 1 aliphatic heterocycles. The molecule has 1 saturated heterocycles. The molecule has 0 aromatic heterocycles. The van der Waals surface area contributed by atoms with Crippen molar-refractivity contribution in [2.45, 2.75) is 25.6 Å². The van der Waals surface area contributed by atoms with Gasteiger partial charge in [0.2, 0.25) is 10.0 Å². The van der Waals surface area contributed by atoms with Crippen molar-refractivity contribution in [3.05, 3.63) is 35.1 Å². The van der Waals surface area contributed by atoms with Crippen LogP contribution in [0.15, 0.2) is 23.2 Å². The Morgan fingerprint density at radius 3 is 2.74 bits per heavy atom. The fourth-order valence-corrected chi connectivity index (χ4v) is 4.89. The van der Waals surface area contributed by atoms with Crippen LogP contribution in [0.3, 0.4) is 0 Å². The predicted octanol–water partition coefficient (Wildman–Crippen LogP) is 2.40. The average molecular weight is 530 g/mol. The van der Waals surface area contributed by atoms with Crippen molar-refractivity contribution in [3.8, 4) is 0 Å². The second kappa shape index (κ2) is 12.1. The van der Waals surface area contributed by atoms with Crippen LogP contribution in [0.1, 0.15) is 24.5 Å². The van der Waals surface area contributed by atoms with Crippen molar-refractivity contribution in [1.29, 1.82) is 0 Å². The molecule has 0 aliphatic carbocycles. The second-order valence-electron chi connectivity index (χ2n) is 6.04. The lowest BCUT2D eigenvalue weighted by Crippen LogP contribution is -2.42. The molecule has 0 spiro atoms. The minimum Gasteiger partial charge on any atom is -0.357 e. The molecule has 0 unspecified atom stereocenters. The van der Waals surface area contributed by atoms with Crippen LogP contribution in [0.4, 0.5) is 4.39 Å². The largest absolute Gasteiger partial charge is 0.357 e. The summed E-state index contributed by atoms with van der Waals surface area (Å²) in [7, 11) is -3.07. The molecule has 2 N–H and O–H groups in total. The maximum Gasteiger partial charge on any atom is 0.214 e. The molecule has 1 aromatic carbocycles. The van der Waals surface area contributed by atoms with Gasteiger partial charge < -0.3 is 10.6 Å². The van der Waals surface area contributed by atoms with E-state index in [-0.39, 0.29) is 35.5 Å². The number of guanidine groups is 1. The van der Waals surface area contributed by atoms with Crippen LogP contribution >= 0.6 is 35.7 Å². The number of hydrogen-bond donors (Lipinski definition) is 2. The van der Waals surface area contributed by atoms with Crippen LogP contribution in [0.2, 0.25) is 0 Å². The third-order valence-corrected chi connectivity index (χ3v) is 6.63. The SMILES string of the molecule is CCNC(=NCc1ccc(F)cc1CSC)NCCN1CCCS1(=O)=O.I. The van der Waals surface area contributed by atoms with Crippen LogP contribution in [0.25, 0.3) is 0 Å². The van der Waals surface area contributed by atoms with Gasteiger partial charge in [-0.05, 0) is 42.9 Å². The Labute approximate surface area is 182 Å². The molecule has 6 nitrogen and oxygen atoms in total. The lowest BCUT2D eigenvalue weighted by Gasteiger charge is -2.16. The van der Waals surface area contributed by atoms with E-state index >= 15 is 0 Å². The van der Waals surface area contributed by atoms with Gasteiger partial charge >= 0.3 is 0 Å². The summed E-state index contributed by atoms with van der Waals surface area (Å²) >= 11 is 1.64. The smallest absolute Gasteiger partial charge is 0.214 e. The molecular formula is C17H28FIN4O2S2. The Kier molecular flexibility index (Phi) is 10.9. The fraction of sp³-hybridized carbons (Fsp3) is 0.588. The number of nitrogens with zero attached hydrogens (tertiary/aromatic N) is 2. The molecule has 0 atom stereocenters. The molecule has 1 heterocycles. The first-order valence-corrected chi connectivity index (χ1v) is 11.7. The molecule has 0 amide bonds. The highest BCUT2D eigenvalue weighted by atomic mass is 127. The van der Waals surface area contributed by atoms with Crippen LogP contribution in [0, 0.1) is 5.82 Å². The van der Waals surface area contributed by atoms with Gasteiger partial charge in [-0.15, -0.1) is 24.0 Å². The maximum atomic E-state index is 13.4. The lowest BCUT2D eigenvalue weighted by atomic mass is 10.1. The zero-order chi connectivity index (χ0) is 19.0. The molecular weight excluding hydrogens is 502 g/mol. The number of aliphatic imine (C=N–C) groups is 1. The summed E-state index contributed by atoms with van der Waals surface area (Å²) in [6.07, 6.45) is 2.68. The highest BCUT2D eigenvalue weighted by Gasteiger charge is 2.27. The van der Waals surface area contributed by atoms with E-state index in [0.29, 0.717) is 45.1 Å². The van der Waals surface area contributed by atoms with E-state index in [2.05, 4.69) is 15.6 Å². The summed E-state index contributed by atoms with van der Waals surface area (Å²) in [4.78, 5) is 4.55. The lowest BCUT2D eigenvalue weighted by molar-refractivity contribution is 0.445. The molecule has 1 fully saturated rings. The zero-order valence-electron chi connectivity index (χ0n) is 15.7. The standard InChI is InChI=1S/C17H27FN4O2S2.HI/c1-3-19-17(20-7-9-22-8-4-10-26(22,23)24)21-12-14-5-6-16(18)11-15(14)13-25-2;/h5-6,11H,3-4,7-10,12-13H2,1-2H3,(H2,19,20,21);1H. The third-order valence-electron chi connectivity index (χ3n) is 4.08. The van der Waals surface area contributed by atoms with Crippen molar-refractivity contribution in [2.75, 3.05) is 38.2 Å². The quantitative estimate of drug-likeness (QED) is 0.307. The monoisotopic (exact) mass is 530 g/mol. The minimum atomic E-state index is -3.07. The summed E-state index contributed by atoms with van der Waals surface area (Å²) in [5, 5.41) is 6.33. The summed E-state index contributed by atoms with van der Waals surface area (Å²) in [6.45, 7) is 4.63. The van der Waals surface area contributed by atoms with Gasteiger partial charge in [-0.25, -0.2) is 22.1 Å². The Morgan fingerprint density at radius 2 is 2.11 bits per heavy atom. The Balaban J connectivity index is 0.00000364. The number of thioether (sulfide) groups is 1. The predicted molar refractivity (Wildman–Crippen MR) is 122 cm³/mol. The summed E-state index contributed by atoms with van der Waals surface area (Å²) in [6, 6.07) is 4.78. The minimum absolute atomic E-state index is 0. The number of rotatable bonds is 8. The molecule has 1 aromatic rings. The normalized spacial score (nSPS) is 16.8. The molecule has 1 aliphatic rings. The molecule has 0 bridgehead atoms. The van der Waals surface area contributed by atoms with Crippen molar-refractivity contribution in [3.63, 3.8) is 0 Å². The first-order chi connectivity index (χ1) is 12.5. The number of benzene rings is 1. The highest BCUT2D eigenvalue weighted by molar-refractivity contribution is 14.0. The number of nitrogens with one attached hydrogen (secondary N) is 2. The summed E-state index contributed by atoms with van der Waals surface area (Å²) in [5.41, 5.74) is 1.93. The van der Waals surface area contributed by atoms with E-state index in [4.69, 9.17) is 0 Å². The maximum absolute atomic E-state index is 13.4. The molecule has 10 heteroatoms. The van der Waals surface area contributed by atoms with Gasteiger partial charge in [-0.1, -0.05) is 6.07 Å². The topological polar surface area (TPSA) is 73.8 Å². The van der Waals surface area contributed by atoms with Gasteiger partial charge in [0.1, 0.15) is 5.82 Å². The highest BCUT2D eigenvalue weighted by Crippen LogP contribution is 2.17. The third kappa shape index (κ3) is 7.74. The summed E-state index contributed by atoms with van der Waals surface area (Å²) in [5.74, 6) is 1.37. The van der Waals surface area contributed by atoms with Crippen LogP contribution in [-0.2, 0) is 22.3 Å². The number of hydrogen-bond acceptors (Lipinski definition) is 4. The first kappa shape index (κ1) is 24.4. The number of halogens is 2. The van der Waals surface area contributed by atoms with E-state index in [1.54, 1.807) is 23.9 Å². The van der Waals surface area contributed by atoms with Gasteiger partial charge in [0.05, 0.1) is 12.3 Å². The van der Waals surface area contributed by atoms with Gasteiger partial charge in [0.25, 0.3) is 0 Å². The molecule has 154 valence electrons. The Morgan fingerprint density at radius 1 is 1.33 bits per heavy atom. The van der Waals surface area contributed by atoms with Crippen LogP contribution in [0.5, 0.6) is 0 Å². The van der Waals surface area contributed by atoms with E-state index in [9.17, 15) is 12.8 Å². The van der Waals surface area contributed by atoms with Crippen LogP contribution in [-0.4, -0.2) is 56.9 Å². The molecule has 2 rings (SSSR count). The van der Waals surface area contributed by atoms with E-state index in [1.807, 2.05) is 13.2 Å². The zero-order valence-corrected chi connectivity index (χ0v) is 19.7. The van der Waals surface area contributed by atoms with Crippen molar-refractivity contribution in [1.82, 2.24) is 14.9 Å². The Bertz CT molecular complexity index is 732. The molecule has 27 heavy (non-hydrogen) atoms. The molecule has 0 saturated carbocycles. The van der Waals surface area contributed by atoms with Gasteiger partial charge in [0.15, 0.2) is 5.96 Å². The van der Waals surface area contributed by atoms with Gasteiger partial charge in [-0.3, -0.25) is 0 Å². The van der Waals surface area contributed by atoms with E-state index < -0.39 is 10.0 Å². The van der Waals surface area contributed by atoms with Gasteiger partial charge in [-0.2, -0.15) is 11.8 Å². The first-order valence-electron chi connectivity index (χ1n) is 8.72. The fourth-order valence-electron chi connectivity index (χ4n) is 2.79. The summed E-state index contributed by atoms with van der Waals surface area (Å²) < 4.78 is 38.6. The number of sulfonamides is 1. The second-order valence-corrected chi connectivity index (χ2v) is 8.99. The van der Waals surface area contributed by atoms with Crippen molar-refractivity contribution in [2.24, 2.45) is 4.99 Å². The average Bonchev–Trinajstić information content (AvgIpc) is 2.93. The molecule has 0 radical (unpaired) electrons. The van der Waals surface area contributed by atoms with Crippen LogP contribution < -0.4 is 10.6 Å².